The quantitative estimate of drug-likeness (QED) is 0.901. The van der Waals surface area contributed by atoms with Crippen molar-refractivity contribution in [3.8, 4) is 0 Å². The van der Waals surface area contributed by atoms with Gasteiger partial charge in [0.05, 0.1) is 12.8 Å². The van der Waals surface area contributed by atoms with E-state index in [9.17, 15) is 9.50 Å². The Labute approximate surface area is 110 Å². The van der Waals surface area contributed by atoms with Crippen LogP contribution in [0.25, 0.3) is 0 Å². The highest BCUT2D eigenvalue weighted by atomic mass is 19.1. The Bertz CT molecular complexity index is 588. The number of ether oxygens (including phenoxy) is 1. The molecule has 1 aliphatic rings. The summed E-state index contributed by atoms with van der Waals surface area (Å²) in [6.45, 7) is 0.533. The summed E-state index contributed by atoms with van der Waals surface area (Å²) in [4.78, 5) is 3.69. The molecule has 0 spiro atoms. The second-order valence-corrected chi connectivity index (χ2v) is 4.58. The van der Waals surface area contributed by atoms with Gasteiger partial charge in [-0.05, 0) is 23.6 Å². The van der Waals surface area contributed by atoms with Gasteiger partial charge in [-0.25, -0.2) is 4.39 Å². The van der Waals surface area contributed by atoms with Gasteiger partial charge < -0.3 is 9.84 Å². The Morgan fingerprint density at radius 1 is 1.32 bits per heavy atom. The van der Waals surface area contributed by atoms with Crippen molar-refractivity contribution in [2.24, 2.45) is 0 Å². The van der Waals surface area contributed by atoms with Crippen LogP contribution in [0.5, 0.6) is 0 Å². The van der Waals surface area contributed by atoms with Crippen LogP contribution in [-0.4, -0.2) is 16.7 Å². The minimum Gasteiger partial charge on any atom is -0.385 e. The molecule has 0 amide bonds. The molecule has 0 fully saturated rings. The maximum atomic E-state index is 13.7. The number of aliphatic hydroxyl groups is 1. The van der Waals surface area contributed by atoms with Crippen LogP contribution in [-0.2, 0) is 11.2 Å². The van der Waals surface area contributed by atoms with Crippen molar-refractivity contribution < 1.29 is 14.2 Å². The van der Waals surface area contributed by atoms with Gasteiger partial charge in [-0.15, -0.1) is 0 Å². The Morgan fingerprint density at radius 2 is 2.16 bits per heavy atom. The van der Waals surface area contributed by atoms with E-state index >= 15 is 0 Å². The molecule has 98 valence electrons. The van der Waals surface area contributed by atoms with Gasteiger partial charge in [0.15, 0.2) is 0 Å². The molecule has 2 heterocycles. The zero-order chi connectivity index (χ0) is 13.2. The minimum atomic E-state index is -1.02. The predicted molar refractivity (Wildman–Crippen MR) is 68.0 cm³/mol. The van der Waals surface area contributed by atoms with E-state index in [1.807, 2.05) is 24.3 Å². The third kappa shape index (κ3) is 2.25. The van der Waals surface area contributed by atoms with E-state index in [0.29, 0.717) is 6.61 Å². The van der Waals surface area contributed by atoms with Crippen LogP contribution in [0.2, 0.25) is 0 Å². The van der Waals surface area contributed by atoms with Gasteiger partial charge in [0.1, 0.15) is 18.0 Å². The van der Waals surface area contributed by atoms with E-state index in [1.54, 1.807) is 0 Å². The van der Waals surface area contributed by atoms with Crippen molar-refractivity contribution in [3.63, 3.8) is 0 Å². The molecule has 0 saturated heterocycles. The van der Waals surface area contributed by atoms with Gasteiger partial charge in [0, 0.05) is 11.8 Å². The van der Waals surface area contributed by atoms with Crippen molar-refractivity contribution in [2.75, 3.05) is 6.61 Å². The van der Waals surface area contributed by atoms with Gasteiger partial charge >= 0.3 is 0 Å². The highest BCUT2D eigenvalue weighted by Gasteiger charge is 2.29. The Balaban J connectivity index is 1.98. The largest absolute Gasteiger partial charge is 0.385 e. The van der Waals surface area contributed by atoms with Gasteiger partial charge in [-0.3, -0.25) is 4.98 Å². The standard InChI is InChI=1S/C15H14FNO2/c16-13-9-17-7-5-12(13)14(18)15-11-4-2-1-3-10(11)6-8-19-15/h1-5,7,9,14-15,18H,6,8H2. The van der Waals surface area contributed by atoms with Crippen molar-refractivity contribution in [1.82, 2.24) is 4.98 Å². The lowest BCUT2D eigenvalue weighted by molar-refractivity contribution is -0.0496. The van der Waals surface area contributed by atoms with Gasteiger partial charge in [0.25, 0.3) is 0 Å². The molecule has 3 rings (SSSR count). The van der Waals surface area contributed by atoms with Crippen LogP contribution in [0, 0.1) is 5.82 Å². The molecule has 2 aromatic rings. The van der Waals surface area contributed by atoms with E-state index < -0.39 is 18.0 Å². The van der Waals surface area contributed by atoms with Gasteiger partial charge in [-0.1, -0.05) is 24.3 Å². The summed E-state index contributed by atoms with van der Waals surface area (Å²) in [6.07, 6.45) is 1.84. The molecular formula is C15H14FNO2. The summed E-state index contributed by atoms with van der Waals surface area (Å²) in [5, 5.41) is 10.4. The highest BCUT2D eigenvalue weighted by Crippen LogP contribution is 2.37. The lowest BCUT2D eigenvalue weighted by Crippen LogP contribution is -2.22. The Kier molecular flexibility index (Phi) is 3.27. The molecule has 1 aromatic heterocycles. The molecule has 1 aromatic carbocycles. The summed E-state index contributed by atoms with van der Waals surface area (Å²) < 4.78 is 19.3. The molecule has 1 aliphatic heterocycles. The average Bonchev–Trinajstić information content (AvgIpc) is 2.46. The van der Waals surface area contributed by atoms with E-state index in [1.165, 1.54) is 12.3 Å². The van der Waals surface area contributed by atoms with E-state index in [2.05, 4.69) is 4.98 Å². The SMILES string of the molecule is OC(c1ccncc1F)C1OCCc2ccccc21. The summed E-state index contributed by atoms with van der Waals surface area (Å²) in [6, 6.07) is 9.28. The van der Waals surface area contributed by atoms with Crippen molar-refractivity contribution in [3.05, 3.63) is 65.2 Å². The topological polar surface area (TPSA) is 42.4 Å². The summed E-state index contributed by atoms with van der Waals surface area (Å²) in [5.41, 5.74) is 2.29. The highest BCUT2D eigenvalue weighted by molar-refractivity contribution is 5.33. The second kappa shape index (κ2) is 5.07. The fourth-order valence-electron chi connectivity index (χ4n) is 2.48. The molecule has 0 saturated carbocycles. The van der Waals surface area contributed by atoms with Gasteiger partial charge in [-0.2, -0.15) is 0 Å². The zero-order valence-electron chi connectivity index (χ0n) is 10.3. The first kappa shape index (κ1) is 12.3. The molecule has 2 atom stereocenters. The lowest BCUT2D eigenvalue weighted by Gasteiger charge is -2.30. The Hall–Kier alpha value is -1.78. The van der Waals surface area contributed by atoms with Crippen LogP contribution in [0.1, 0.15) is 28.9 Å². The molecule has 19 heavy (non-hydrogen) atoms. The number of rotatable bonds is 2. The smallest absolute Gasteiger partial charge is 0.147 e. The molecule has 2 unspecified atom stereocenters. The number of nitrogens with zero attached hydrogens (tertiary/aromatic N) is 1. The maximum Gasteiger partial charge on any atom is 0.147 e. The normalized spacial score (nSPS) is 19.8. The predicted octanol–water partition coefficient (Wildman–Crippen LogP) is 2.57. The number of aliphatic hydroxyl groups excluding tert-OH is 1. The molecule has 3 nitrogen and oxygen atoms in total. The maximum absolute atomic E-state index is 13.7. The van der Waals surface area contributed by atoms with Crippen molar-refractivity contribution in [2.45, 2.75) is 18.6 Å². The molecule has 0 aliphatic carbocycles. The van der Waals surface area contributed by atoms with E-state index in [0.717, 1.165) is 23.7 Å². The summed E-state index contributed by atoms with van der Waals surface area (Å²) in [7, 11) is 0. The van der Waals surface area contributed by atoms with Crippen LogP contribution in [0.15, 0.2) is 42.7 Å². The third-order valence-corrected chi connectivity index (χ3v) is 3.44. The first-order valence-corrected chi connectivity index (χ1v) is 6.24. The number of halogens is 1. The number of hydrogen-bond acceptors (Lipinski definition) is 3. The Morgan fingerprint density at radius 3 is 3.00 bits per heavy atom. The number of aromatic nitrogens is 1. The first-order chi connectivity index (χ1) is 9.27. The molecule has 4 heteroatoms. The molecular weight excluding hydrogens is 245 g/mol. The van der Waals surface area contributed by atoms with Crippen LogP contribution < -0.4 is 0 Å². The van der Waals surface area contributed by atoms with Crippen molar-refractivity contribution in [1.29, 1.82) is 0 Å². The lowest BCUT2D eigenvalue weighted by atomic mass is 9.92. The monoisotopic (exact) mass is 259 g/mol. The minimum absolute atomic E-state index is 0.219. The fourth-order valence-corrected chi connectivity index (χ4v) is 2.48. The van der Waals surface area contributed by atoms with E-state index in [4.69, 9.17) is 4.74 Å². The van der Waals surface area contributed by atoms with Gasteiger partial charge in [0.2, 0.25) is 0 Å². The summed E-state index contributed by atoms with van der Waals surface area (Å²) in [5.74, 6) is -0.512. The van der Waals surface area contributed by atoms with Crippen LogP contribution >= 0.6 is 0 Å². The van der Waals surface area contributed by atoms with Crippen LogP contribution in [0.3, 0.4) is 0 Å². The molecule has 0 bridgehead atoms. The second-order valence-electron chi connectivity index (χ2n) is 4.58. The van der Waals surface area contributed by atoms with E-state index in [-0.39, 0.29) is 5.56 Å². The number of hydrogen-bond donors (Lipinski definition) is 1. The number of benzene rings is 1. The number of pyridine rings is 1. The van der Waals surface area contributed by atoms with Crippen molar-refractivity contribution >= 4 is 0 Å². The fraction of sp³-hybridized carbons (Fsp3) is 0.267. The van der Waals surface area contributed by atoms with Crippen LogP contribution in [0.4, 0.5) is 4.39 Å². The first-order valence-electron chi connectivity index (χ1n) is 6.24. The molecule has 1 N–H and O–H groups in total. The molecule has 0 radical (unpaired) electrons. The average molecular weight is 259 g/mol. The number of fused-ring (bicyclic) bond motifs is 1. The third-order valence-electron chi connectivity index (χ3n) is 3.44. The zero-order valence-corrected chi connectivity index (χ0v) is 10.3. The summed E-state index contributed by atoms with van der Waals surface area (Å²) >= 11 is 0.